The predicted octanol–water partition coefficient (Wildman–Crippen LogP) is 2.77. The number of amides is 1. The molecule has 1 aliphatic heterocycles. The van der Waals surface area contributed by atoms with Gasteiger partial charge in [-0.3, -0.25) is 4.79 Å². The molecule has 0 radical (unpaired) electrons. The number of nitrogens with two attached hydrogens (primary N) is 1. The van der Waals surface area contributed by atoms with Crippen molar-refractivity contribution in [2.75, 3.05) is 13.6 Å². The lowest BCUT2D eigenvalue weighted by Gasteiger charge is -2.36. The van der Waals surface area contributed by atoms with Crippen molar-refractivity contribution < 1.29 is 4.79 Å². The molecular weight excluding hydrogens is 333 g/mol. The number of nitrogens with zero attached hydrogens (tertiary/aromatic N) is 1. The molecule has 4 unspecified atom stereocenters. The minimum Gasteiger partial charge on any atom is -0.353 e. The average molecular weight is 362 g/mol. The van der Waals surface area contributed by atoms with Gasteiger partial charge in [-0.15, -0.1) is 24.8 Å². The maximum Gasteiger partial charge on any atom is 0.224 e. The van der Waals surface area contributed by atoms with Crippen LogP contribution in [0.2, 0.25) is 0 Å². The lowest BCUT2D eigenvalue weighted by atomic mass is 9.93. The van der Waals surface area contributed by atoms with Crippen molar-refractivity contribution in [3.8, 4) is 0 Å². The van der Waals surface area contributed by atoms with Gasteiger partial charge in [0.1, 0.15) is 0 Å². The highest BCUT2D eigenvalue weighted by molar-refractivity contribution is 5.85. The number of nitrogens with one attached hydrogen (secondary N) is 1. The van der Waals surface area contributed by atoms with E-state index in [1.54, 1.807) is 0 Å². The van der Waals surface area contributed by atoms with Gasteiger partial charge in [0.05, 0.1) is 5.92 Å². The predicted molar refractivity (Wildman–Crippen MR) is 100 cm³/mol. The van der Waals surface area contributed by atoms with Crippen LogP contribution in [-0.4, -0.2) is 36.5 Å². The fourth-order valence-corrected chi connectivity index (χ4v) is 2.88. The summed E-state index contributed by atoms with van der Waals surface area (Å²) in [4.78, 5) is 14.7. The van der Waals surface area contributed by atoms with E-state index < -0.39 is 0 Å². The van der Waals surface area contributed by atoms with Crippen molar-refractivity contribution >= 4 is 30.7 Å². The maximum absolute atomic E-state index is 12.4. The van der Waals surface area contributed by atoms with E-state index in [9.17, 15) is 4.79 Å². The van der Waals surface area contributed by atoms with Gasteiger partial charge < -0.3 is 16.0 Å². The second-order valence-electron chi connectivity index (χ2n) is 6.28. The molecule has 2 rings (SSSR count). The van der Waals surface area contributed by atoms with Gasteiger partial charge in [-0.05, 0) is 32.4 Å². The summed E-state index contributed by atoms with van der Waals surface area (Å²) < 4.78 is 0. The first-order valence-corrected chi connectivity index (χ1v) is 7.80. The number of piperidine rings is 1. The Morgan fingerprint density at radius 2 is 1.91 bits per heavy atom. The highest BCUT2D eigenvalue weighted by Crippen LogP contribution is 2.21. The fourth-order valence-electron chi connectivity index (χ4n) is 2.88. The Balaban J connectivity index is 0.00000242. The van der Waals surface area contributed by atoms with Crippen LogP contribution in [0.25, 0.3) is 0 Å². The first kappa shape index (κ1) is 22.2. The number of hydrogen-bond acceptors (Lipinski definition) is 3. The Hall–Kier alpha value is -0.810. The standard InChI is InChI=1S/C17H27N3O.2ClH/c1-12-11-15(9-10-20(12)3)19-17(21)13(2)16(18)14-7-5-4-6-8-14;;/h4-8,12-13,15-16H,9-11,18H2,1-3H3,(H,19,21);2*1H. The molecule has 0 aliphatic carbocycles. The van der Waals surface area contributed by atoms with Gasteiger partial charge in [0.25, 0.3) is 0 Å². The lowest BCUT2D eigenvalue weighted by Crippen LogP contribution is -2.49. The fraction of sp³-hybridized carbons (Fsp3) is 0.588. The highest BCUT2D eigenvalue weighted by Gasteiger charge is 2.27. The Kier molecular flexibility index (Phi) is 9.78. The largest absolute Gasteiger partial charge is 0.353 e. The molecule has 132 valence electrons. The monoisotopic (exact) mass is 361 g/mol. The molecule has 4 atom stereocenters. The number of hydrogen-bond donors (Lipinski definition) is 2. The molecule has 0 spiro atoms. The molecule has 1 saturated heterocycles. The van der Waals surface area contributed by atoms with Gasteiger partial charge in [-0.2, -0.15) is 0 Å². The normalized spacial score (nSPS) is 23.8. The summed E-state index contributed by atoms with van der Waals surface area (Å²) in [6.45, 7) is 5.15. The minimum absolute atomic E-state index is 0. The van der Waals surface area contributed by atoms with Crippen LogP contribution in [0.5, 0.6) is 0 Å². The summed E-state index contributed by atoms with van der Waals surface area (Å²) in [5, 5.41) is 3.17. The minimum atomic E-state index is -0.255. The third-order valence-corrected chi connectivity index (χ3v) is 4.69. The maximum atomic E-state index is 12.4. The zero-order valence-corrected chi connectivity index (χ0v) is 15.7. The number of carbonyl (C=O) groups is 1. The number of benzene rings is 1. The molecule has 1 aromatic rings. The van der Waals surface area contributed by atoms with Crippen LogP contribution in [0, 0.1) is 5.92 Å². The van der Waals surface area contributed by atoms with E-state index >= 15 is 0 Å². The molecule has 23 heavy (non-hydrogen) atoms. The van der Waals surface area contributed by atoms with Crippen LogP contribution in [0.15, 0.2) is 30.3 Å². The van der Waals surface area contributed by atoms with Crippen molar-refractivity contribution in [3.63, 3.8) is 0 Å². The number of halogens is 2. The number of carbonyl (C=O) groups excluding carboxylic acids is 1. The van der Waals surface area contributed by atoms with Gasteiger partial charge >= 0.3 is 0 Å². The molecule has 4 nitrogen and oxygen atoms in total. The molecule has 6 heteroatoms. The van der Waals surface area contributed by atoms with Crippen LogP contribution < -0.4 is 11.1 Å². The summed E-state index contributed by atoms with van der Waals surface area (Å²) in [7, 11) is 2.14. The van der Waals surface area contributed by atoms with E-state index in [0.29, 0.717) is 6.04 Å². The van der Waals surface area contributed by atoms with Crippen molar-refractivity contribution in [2.45, 2.75) is 44.8 Å². The SMILES string of the molecule is CC(C(=O)NC1CCN(C)C(C)C1)C(N)c1ccccc1.Cl.Cl. The highest BCUT2D eigenvalue weighted by atomic mass is 35.5. The van der Waals surface area contributed by atoms with E-state index in [1.165, 1.54) is 0 Å². The summed E-state index contributed by atoms with van der Waals surface area (Å²) in [5.41, 5.74) is 7.24. The molecule has 1 heterocycles. The summed E-state index contributed by atoms with van der Waals surface area (Å²) >= 11 is 0. The van der Waals surface area contributed by atoms with E-state index in [4.69, 9.17) is 5.73 Å². The van der Waals surface area contributed by atoms with Gasteiger partial charge in [-0.25, -0.2) is 0 Å². The molecular formula is C17H29Cl2N3O. The average Bonchev–Trinajstić information content (AvgIpc) is 2.50. The molecule has 1 amide bonds. The van der Waals surface area contributed by atoms with Crippen molar-refractivity contribution in [1.82, 2.24) is 10.2 Å². The Labute approximate surface area is 152 Å². The van der Waals surface area contributed by atoms with Gasteiger partial charge in [0.2, 0.25) is 5.91 Å². The van der Waals surface area contributed by atoms with Crippen LogP contribution in [0.1, 0.15) is 38.3 Å². The Bertz CT molecular complexity index is 472. The summed E-state index contributed by atoms with van der Waals surface area (Å²) in [6, 6.07) is 10.4. The second kappa shape index (κ2) is 10.1. The summed E-state index contributed by atoms with van der Waals surface area (Å²) in [6.07, 6.45) is 2.02. The molecule has 1 aliphatic rings. The van der Waals surface area contributed by atoms with Crippen molar-refractivity contribution in [2.24, 2.45) is 11.7 Å². The Morgan fingerprint density at radius 1 is 1.30 bits per heavy atom. The van der Waals surface area contributed by atoms with Crippen LogP contribution in [0.4, 0.5) is 0 Å². The van der Waals surface area contributed by atoms with Gasteiger partial charge in [-0.1, -0.05) is 37.3 Å². The lowest BCUT2D eigenvalue weighted by molar-refractivity contribution is -0.126. The quantitative estimate of drug-likeness (QED) is 0.866. The third-order valence-electron chi connectivity index (χ3n) is 4.69. The second-order valence-corrected chi connectivity index (χ2v) is 6.28. The Morgan fingerprint density at radius 3 is 2.48 bits per heavy atom. The van der Waals surface area contributed by atoms with Crippen LogP contribution >= 0.6 is 24.8 Å². The number of likely N-dealkylation sites (tertiary alicyclic amines) is 1. The van der Waals surface area contributed by atoms with Crippen LogP contribution in [-0.2, 0) is 4.79 Å². The van der Waals surface area contributed by atoms with Crippen molar-refractivity contribution in [1.29, 1.82) is 0 Å². The van der Waals surface area contributed by atoms with E-state index in [2.05, 4.69) is 24.2 Å². The zero-order chi connectivity index (χ0) is 15.4. The topological polar surface area (TPSA) is 58.4 Å². The van der Waals surface area contributed by atoms with Gasteiger partial charge in [0, 0.05) is 24.7 Å². The first-order valence-electron chi connectivity index (χ1n) is 7.80. The van der Waals surface area contributed by atoms with Crippen LogP contribution in [0.3, 0.4) is 0 Å². The third kappa shape index (κ3) is 5.96. The zero-order valence-electron chi connectivity index (χ0n) is 14.1. The first-order chi connectivity index (χ1) is 9.99. The van der Waals surface area contributed by atoms with Gasteiger partial charge in [0.15, 0.2) is 0 Å². The molecule has 0 saturated carbocycles. The molecule has 3 N–H and O–H groups in total. The molecule has 0 aromatic heterocycles. The smallest absolute Gasteiger partial charge is 0.224 e. The molecule has 0 bridgehead atoms. The van der Waals surface area contributed by atoms with Crippen molar-refractivity contribution in [3.05, 3.63) is 35.9 Å². The van der Waals surface area contributed by atoms with E-state index in [-0.39, 0.29) is 48.7 Å². The molecule has 1 aromatic carbocycles. The van der Waals surface area contributed by atoms with E-state index in [1.807, 2.05) is 37.3 Å². The van der Waals surface area contributed by atoms with E-state index in [0.717, 1.165) is 24.9 Å². The number of rotatable bonds is 4. The summed E-state index contributed by atoms with van der Waals surface area (Å²) in [5.74, 6) is -0.157. The molecule has 1 fully saturated rings.